The molecule has 6 aromatic rings. The van der Waals surface area contributed by atoms with Gasteiger partial charge in [0.25, 0.3) is 0 Å². The van der Waals surface area contributed by atoms with E-state index in [1.54, 1.807) is 0 Å². The fraction of sp³-hybridized carbons (Fsp3) is 0.188. The number of fused-ring (bicyclic) bond motifs is 6. The van der Waals surface area contributed by atoms with Crippen molar-refractivity contribution < 1.29 is 0 Å². The first kappa shape index (κ1) is 21.5. The molecule has 0 N–H and O–H groups in total. The zero-order valence-electron chi connectivity index (χ0n) is 20.9. The van der Waals surface area contributed by atoms with E-state index < -0.39 is 0 Å². The summed E-state index contributed by atoms with van der Waals surface area (Å²) in [5, 5.41) is 12.9. The van der Waals surface area contributed by atoms with Gasteiger partial charge < -0.3 is 0 Å². The highest BCUT2D eigenvalue weighted by molar-refractivity contribution is 6.13. The summed E-state index contributed by atoms with van der Waals surface area (Å²) in [6.07, 6.45) is 0. The molecule has 172 valence electrons. The van der Waals surface area contributed by atoms with Crippen LogP contribution in [0.5, 0.6) is 0 Å². The largest absolute Gasteiger partial charge is 0.274 e. The van der Waals surface area contributed by atoms with Crippen molar-refractivity contribution in [2.24, 2.45) is 0 Å². The van der Waals surface area contributed by atoms with Crippen LogP contribution in [-0.4, -0.2) is 14.6 Å². The highest BCUT2D eigenvalue weighted by Crippen LogP contribution is 2.36. The van der Waals surface area contributed by atoms with Gasteiger partial charge in [-0.1, -0.05) is 93.6 Å². The minimum absolute atomic E-state index is 0.141. The van der Waals surface area contributed by atoms with Gasteiger partial charge in [0, 0.05) is 16.3 Å². The van der Waals surface area contributed by atoms with Gasteiger partial charge in [0.15, 0.2) is 11.5 Å². The van der Waals surface area contributed by atoms with Gasteiger partial charge in [-0.05, 0) is 64.6 Å². The van der Waals surface area contributed by atoms with Crippen LogP contribution in [0.1, 0.15) is 37.5 Å². The number of nitrogens with zero attached hydrogens (tertiary/aromatic N) is 3. The third-order valence-electron chi connectivity index (χ3n) is 7.15. The molecule has 4 aromatic carbocycles. The second kappa shape index (κ2) is 7.78. The van der Waals surface area contributed by atoms with Crippen LogP contribution in [0, 0.1) is 13.8 Å². The van der Waals surface area contributed by atoms with Crippen LogP contribution in [0.3, 0.4) is 0 Å². The van der Waals surface area contributed by atoms with E-state index in [1.165, 1.54) is 38.6 Å². The van der Waals surface area contributed by atoms with E-state index in [1.807, 2.05) is 0 Å². The number of hydrogen-bond donors (Lipinski definition) is 0. The van der Waals surface area contributed by atoms with E-state index >= 15 is 0 Å². The molecule has 3 nitrogen and oxygen atoms in total. The van der Waals surface area contributed by atoms with E-state index in [0.29, 0.717) is 0 Å². The Balaban J connectivity index is 1.65. The lowest BCUT2D eigenvalue weighted by molar-refractivity contribution is 0.590. The second-order valence-corrected chi connectivity index (χ2v) is 10.6. The summed E-state index contributed by atoms with van der Waals surface area (Å²) in [5.74, 6) is 0.897. The van der Waals surface area contributed by atoms with Crippen molar-refractivity contribution in [2.45, 2.75) is 40.0 Å². The molecule has 0 amide bonds. The number of rotatable bonds is 2. The minimum Gasteiger partial charge on any atom is -0.274 e. The Kier molecular flexibility index (Phi) is 4.79. The number of aryl methyl sites for hydroxylation is 2. The molecule has 0 fully saturated rings. The first-order valence-electron chi connectivity index (χ1n) is 12.2. The summed E-state index contributed by atoms with van der Waals surface area (Å²) >= 11 is 0. The maximum atomic E-state index is 4.71. The maximum Gasteiger partial charge on any atom is 0.169 e. The average molecular weight is 456 g/mol. The molecule has 6 rings (SSSR count). The highest BCUT2D eigenvalue weighted by atomic mass is 15.2. The average Bonchev–Trinajstić information content (AvgIpc) is 3.28. The summed E-state index contributed by atoms with van der Waals surface area (Å²) in [6, 6.07) is 30.7. The van der Waals surface area contributed by atoms with Crippen molar-refractivity contribution in [3.05, 3.63) is 102 Å². The summed E-state index contributed by atoms with van der Waals surface area (Å²) < 4.78 is 2.24. The van der Waals surface area contributed by atoms with Crippen molar-refractivity contribution >= 4 is 27.3 Å². The third-order valence-corrected chi connectivity index (χ3v) is 7.15. The first-order valence-corrected chi connectivity index (χ1v) is 12.2. The second-order valence-electron chi connectivity index (χ2n) is 10.6. The predicted molar refractivity (Wildman–Crippen MR) is 147 cm³/mol. The van der Waals surface area contributed by atoms with Crippen LogP contribution >= 0.6 is 0 Å². The van der Waals surface area contributed by atoms with Crippen molar-refractivity contribution in [3.8, 4) is 22.5 Å². The van der Waals surface area contributed by atoms with Crippen LogP contribution in [0.4, 0.5) is 0 Å². The van der Waals surface area contributed by atoms with E-state index in [9.17, 15) is 0 Å². The van der Waals surface area contributed by atoms with Gasteiger partial charge in [0.05, 0.1) is 5.52 Å². The van der Waals surface area contributed by atoms with Crippen molar-refractivity contribution in [1.82, 2.24) is 14.6 Å². The van der Waals surface area contributed by atoms with E-state index in [2.05, 4.69) is 129 Å². The lowest BCUT2D eigenvalue weighted by atomic mass is 9.86. The topological polar surface area (TPSA) is 30.2 Å². The van der Waals surface area contributed by atoms with Gasteiger partial charge >= 0.3 is 0 Å². The van der Waals surface area contributed by atoms with E-state index in [-0.39, 0.29) is 5.41 Å². The molecule has 0 aliphatic rings. The molecule has 35 heavy (non-hydrogen) atoms. The summed E-state index contributed by atoms with van der Waals surface area (Å²) in [6.45, 7) is 11.0. The molecule has 0 spiro atoms. The Labute approximate surface area is 206 Å². The fourth-order valence-electron chi connectivity index (χ4n) is 5.22. The Morgan fingerprint density at radius 2 is 1.29 bits per heavy atom. The molecule has 2 heterocycles. The van der Waals surface area contributed by atoms with Crippen molar-refractivity contribution in [3.63, 3.8) is 0 Å². The van der Waals surface area contributed by atoms with E-state index in [4.69, 9.17) is 5.10 Å². The standard InChI is InChI=1S/C32H29N3/c1-20-9-8-10-21(2)29(20)31-34-33-30-26-12-7-6-11-25(26)27-19-23(15-18-28(27)35(30)31)22-13-16-24(17-14-22)32(3,4)5/h6-19H,1-5H3. The minimum atomic E-state index is 0.141. The maximum absolute atomic E-state index is 4.71. The van der Waals surface area contributed by atoms with Crippen LogP contribution in [0.25, 0.3) is 49.8 Å². The summed E-state index contributed by atoms with van der Waals surface area (Å²) in [4.78, 5) is 0. The normalized spacial score (nSPS) is 12.1. The number of pyridine rings is 1. The predicted octanol–water partition coefficient (Wildman–Crippen LogP) is 8.28. The summed E-state index contributed by atoms with van der Waals surface area (Å²) in [5.41, 5.74) is 9.50. The van der Waals surface area contributed by atoms with E-state index in [0.717, 1.165) is 27.9 Å². The molecule has 0 unspecified atom stereocenters. The molecular weight excluding hydrogens is 426 g/mol. The molecule has 0 radical (unpaired) electrons. The molecule has 0 aliphatic heterocycles. The van der Waals surface area contributed by atoms with Gasteiger partial charge in [0.2, 0.25) is 0 Å². The van der Waals surface area contributed by atoms with Gasteiger partial charge in [-0.3, -0.25) is 4.40 Å². The lowest BCUT2D eigenvalue weighted by Crippen LogP contribution is -2.10. The van der Waals surface area contributed by atoms with Crippen LogP contribution < -0.4 is 0 Å². The molecule has 0 atom stereocenters. The Morgan fingerprint density at radius 1 is 0.629 bits per heavy atom. The van der Waals surface area contributed by atoms with Crippen molar-refractivity contribution in [2.75, 3.05) is 0 Å². The zero-order valence-corrected chi connectivity index (χ0v) is 20.9. The molecule has 3 heteroatoms. The third kappa shape index (κ3) is 3.42. The fourth-order valence-corrected chi connectivity index (χ4v) is 5.22. The quantitative estimate of drug-likeness (QED) is 0.246. The Hall–Kier alpha value is -3.98. The van der Waals surface area contributed by atoms with Gasteiger partial charge in [-0.2, -0.15) is 0 Å². The molecule has 0 bridgehead atoms. The number of benzene rings is 4. The molecule has 2 aromatic heterocycles. The zero-order chi connectivity index (χ0) is 24.3. The summed E-state index contributed by atoms with van der Waals surface area (Å²) in [7, 11) is 0. The lowest BCUT2D eigenvalue weighted by Gasteiger charge is -2.19. The highest BCUT2D eigenvalue weighted by Gasteiger charge is 2.19. The van der Waals surface area contributed by atoms with Crippen molar-refractivity contribution in [1.29, 1.82) is 0 Å². The van der Waals surface area contributed by atoms with Crippen LogP contribution in [0.15, 0.2) is 84.9 Å². The Bertz CT molecular complexity index is 1710. The number of aromatic nitrogens is 3. The molecule has 0 saturated carbocycles. The first-order chi connectivity index (χ1) is 16.8. The van der Waals surface area contributed by atoms with Crippen LogP contribution in [0.2, 0.25) is 0 Å². The van der Waals surface area contributed by atoms with Gasteiger partial charge in [-0.25, -0.2) is 0 Å². The molecular formula is C32H29N3. The monoisotopic (exact) mass is 455 g/mol. The Morgan fingerprint density at radius 3 is 1.97 bits per heavy atom. The smallest absolute Gasteiger partial charge is 0.169 e. The van der Waals surface area contributed by atoms with Crippen LogP contribution in [-0.2, 0) is 5.41 Å². The molecule has 0 saturated heterocycles. The van der Waals surface area contributed by atoms with Gasteiger partial charge in [0.1, 0.15) is 0 Å². The number of hydrogen-bond acceptors (Lipinski definition) is 2. The SMILES string of the molecule is Cc1cccc(C)c1-c1nnc2c3ccccc3c3cc(-c4ccc(C(C)(C)C)cc4)ccc3n12. The molecule has 0 aliphatic carbocycles. The van der Waals surface area contributed by atoms with Gasteiger partial charge in [-0.15, -0.1) is 10.2 Å².